The number of morpholine rings is 1. The number of fused-ring (bicyclic) bond motifs is 2. The largest absolute Gasteiger partial charge is 0.381 e. The van der Waals surface area contributed by atoms with Crippen LogP contribution in [-0.4, -0.2) is 41.3 Å². The number of rotatable bonds is 5. The first-order valence-electron chi connectivity index (χ1n) is 11.7. The summed E-state index contributed by atoms with van der Waals surface area (Å²) in [6, 6.07) is 16.7. The Balaban J connectivity index is 1.27. The molecule has 0 amide bonds. The van der Waals surface area contributed by atoms with Crippen molar-refractivity contribution in [2.75, 3.05) is 36.5 Å². The fraction of sp³-hybridized carbons (Fsp3) is 0.222. The summed E-state index contributed by atoms with van der Waals surface area (Å²) in [6.45, 7) is 3.65. The van der Waals surface area contributed by atoms with Gasteiger partial charge in [0, 0.05) is 70.4 Å². The van der Waals surface area contributed by atoms with Crippen molar-refractivity contribution in [1.29, 1.82) is 0 Å². The molecule has 2 N–H and O–H groups in total. The van der Waals surface area contributed by atoms with Crippen molar-refractivity contribution < 1.29 is 4.74 Å². The zero-order chi connectivity index (χ0) is 23.6. The third-order valence-electron chi connectivity index (χ3n) is 6.36. The summed E-state index contributed by atoms with van der Waals surface area (Å²) >= 11 is 1.77. The second-order valence-electron chi connectivity index (χ2n) is 8.71. The van der Waals surface area contributed by atoms with Gasteiger partial charge in [0.25, 0.3) is 0 Å². The molecule has 0 saturated carbocycles. The molecule has 176 valence electrons. The van der Waals surface area contributed by atoms with Crippen molar-refractivity contribution in [2.45, 2.75) is 22.8 Å². The van der Waals surface area contributed by atoms with E-state index in [2.05, 4.69) is 67.6 Å². The number of nitrogens with one attached hydrogen (secondary N) is 2. The fourth-order valence-corrected chi connectivity index (χ4v) is 5.78. The van der Waals surface area contributed by atoms with Crippen molar-refractivity contribution in [2.24, 2.45) is 0 Å². The molecule has 35 heavy (non-hydrogen) atoms. The maximum Gasteiger partial charge on any atom is 0.250 e. The van der Waals surface area contributed by atoms with Crippen molar-refractivity contribution >= 4 is 23.1 Å². The van der Waals surface area contributed by atoms with Gasteiger partial charge in [-0.25, -0.2) is 9.97 Å². The molecule has 1 saturated heterocycles. The average Bonchev–Trinajstić information content (AvgIpc) is 2.91. The molecule has 2 aliphatic rings. The van der Waals surface area contributed by atoms with Crippen LogP contribution < -0.4 is 15.8 Å². The number of benzene rings is 2. The summed E-state index contributed by atoms with van der Waals surface area (Å²) in [4.78, 5) is 28.5. The van der Waals surface area contributed by atoms with Gasteiger partial charge in [0.05, 0.1) is 18.9 Å². The van der Waals surface area contributed by atoms with Gasteiger partial charge in [0.1, 0.15) is 6.33 Å². The lowest BCUT2D eigenvalue weighted by molar-refractivity contribution is 0.122. The lowest BCUT2D eigenvalue weighted by Crippen LogP contribution is -2.36. The Bertz CT molecular complexity index is 1420. The highest BCUT2D eigenvalue weighted by molar-refractivity contribution is 7.99. The number of hydrogen-bond donors (Lipinski definition) is 2. The molecule has 0 radical (unpaired) electrons. The molecule has 0 unspecified atom stereocenters. The first-order chi connectivity index (χ1) is 17.2. The van der Waals surface area contributed by atoms with E-state index in [-0.39, 0.29) is 5.56 Å². The van der Waals surface area contributed by atoms with Crippen LogP contribution in [-0.2, 0) is 17.7 Å². The van der Waals surface area contributed by atoms with Crippen molar-refractivity contribution in [3.63, 3.8) is 0 Å². The summed E-state index contributed by atoms with van der Waals surface area (Å²) < 4.78 is 5.48. The molecule has 4 aromatic rings. The van der Waals surface area contributed by atoms with E-state index in [1.165, 1.54) is 20.9 Å². The highest BCUT2D eigenvalue weighted by Crippen LogP contribution is 2.45. The molecule has 6 rings (SSSR count). The first kappa shape index (κ1) is 21.9. The summed E-state index contributed by atoms with van der Waals surface area (Å²) in [5.74, 6) is 0. The Morgan fingerprint density at radius 1 is 1.03 bits per heavy atom. The molecule has 7 nitrogen and oxygen atoms in total. The van der Waals surface area contributed by atoms with Crippen LogP contribution in [0.2, 0.25) is 0 Å². The number of anilines is 2. The zero-order valence-corrected chi connectivity index (χ0v) is 20.0. The van der Waals surface area contributed by atoms with Crippen LogP contribution in [0, 0.1) is 0 Å². The van der Waals surface area contributed by atoms with Crippen LogP contribution in [0.5, 0.6) is 0 Å². The minimum atomic E-state index is -0.0812. The minimum absolute atomic E-state index is 0.0812. The predicted molar refractivity (Wildman–Crippen MR) is 138 cm³/mol. The van der Waals surface area contributed by atoms with E-state index in [1.807, 2.05) is 12.4 Å². The molecule has 0 spiro atoms. The van der Waals surface area contributed by atoms with E-state index in [0.717, 1.165) is 47.7 Å². The van der Waals surface area contributed by atoms with Gasteiger partial charge >= 0.3 is 0 Å². The molecule has 2 aromatic carbocycles. The average molecular weight is 484 g/mol. The van der Waals surface area contributed by atoms with Crippen molar-refractivity contribution in [3.8, 4) is 11.3 Å². The monoisotopic (exact) mass is 483 g/mol. The standard InChI is InChI=1S/C27H25N5O2S/c33-26-13-22(32-6-8-34-9-7-32)12-24(31-26)23-3-1-2-19-10-20-11-21(4-5-25(20)35-27(19)23)30-16-18-14-28-17-29-15-18/h1-5,11-15,17,30H,6-10,16H2,(H,31,33). The number of ether oxygens (including phenoxy) is 1. The van der Waals surface area contributed by atoms with Crippen LogP contribution in [0.25, 0.3) is 11.3 Å². The van der Waals surface area contributed by atoms with E-state index < -0.39 is 0 Å². The molecule has 1 fully saturated rings. The Morgan fingerprint density at radius 2 is 1.89 bits per heavy atom. The second kappa shape index (κ2) is 9.56. The summed E-state index contributed by atoms with van der Waals surface area (Å²) in [5, 5.41) is 3.47. The minimum Gasteiger partial charge on any atom is -0.381 e. The van der Waals surface area contributed by atoms with E-state index in [9.17, 15) is 4.79 Å². The first-order valence-corrected chi connectivity index (χ1v) is 12.5. The molecule has 0 bridgehead atoms. The number of aromatic amines is 1. The van der Waals surface area contributed by atoms with Gasteiger partial charge < -0.3 is 19.9 Å². The van der Waals surface area contributed by atoms with E-state index in [4.69, 9.17) is 4.74 Å². The highest BCUT2D eigenvalue weighted by atomic mass is 32.2. The SMILES string of the molecule is O=c1cc(N2CCOCC2)cc(-c2cccc3c2Sc2ccc(NCc4cncnc4)cc2C3)[nH]1. The molecule has 2 aromatic heterocycles. The fourth-order valence-electron chi connectivity index (χ4n) is 4.60. The molecular weight excluding hydrogens is 458 g/mol. The number of hydrogen-bond acceptors (Lipinski definition) is 7. The molecule has 0 aliphatic carbocycles. The Labute approximate surface area is 207 Å². The van der Waals surface area contributed by atoms with Gasteiger partial charge in [-0.2, -0.15) is 0 Å². The molecular formula is C27H25N5O2S. The van der Waals surface area contributed by atoms with Gasteiger partial charge in [-0.15, -0.1) is 0 Å². The maximum absolute atomic E-state index is 12.6. The molecule has 8 heteroatoms. The van der Waals surface area contributed by atoms with E-state index in [1.54, 1.807) is 24.2 Å². The van der Waals surface area contributed by atoms with Gasteiger partial charge in [-0.1, -0.05) is 30.0 Å². The second-order valence-corrected chi connectivity index (χ2v) is 9.76. The number of aromatic nitrogens is 3. The van der Waals surface area contributed by atoms with Crippen LogP contribution in [0.15, 0.2) is 81.8 Å². The number of pyridine rings is 1. The van der Waals surface area contributed by atoms with Crippen molar-refractivity contribution in [3.05, 3.63) is 94.3 Å². The number of H-pyrrole nitrogens is 1. The molecule has 2 aliphatic heterocycles. The predicted octanol–water partition coefficient (Wildman–Crippen LogP) is 4.34. The lowest BCUT2D eigenvalue weighted by Gasteiger charge is -2.29. The van der Waals surface area contributed by atoms with Crippen molar-refractivity contribution in [1.82, 2.24) is 15.0 Å². The quantitative estimate of drug-likeness (QED) is 0.385. The molecule has 0 atom stereocenters. The van der Waals surface area contributed by atoms with Gasteiger partial charge in [0.2, 0.25) is 5.56 Å². The summed E-state index contributed by atoms with van der Waals surface area (Å²) in [6.07, 6.45) is 6.04. The summed E-state index contributed by atoms with van der Waals surface area (Å²) in [5.41, 5.74) is 7.48. The maximum atomic E-state index is 12.6. The Hall–Kier alpha value is -3.62. The molecule has 4 heterocycles. The van der Waals surface area contributed by atoms with E-state index in [0.29, 0.717) is 19.8 Å². The lowest BCUT2D eigenvalue weighted by atomic mass is 9.99. The van der Waals surface area contributed by atoms with Crippen LogP contribution in [0.4, 0.5) is 11.4 Å². The van der Waals surface area contributed by atoms with Gasteiger partial charge in [0.15, 0.2) is 0 Å². The Morgan fingerprint density at radius 3 is 2.74 bits per heavy atom. The van der Waals surface area contributed by atoms with Crippen LogP contribution in [0.3, 0.4) is 0 Å². The zero-order valence-electron chi connectivity index (χ0n) is 19.2. The van der Waals surface area contributed by atoms with Gasteiger partial charge in [-0.05, 0) is 41.8 Å². The third kappa shape index (κ3) is 4.67. The highest BCUT2D eigenvalue weighted by Gasteiger charge is 2.21. The van der Waals surface area contributed by atoms with Crippen LogP contribution >= 0.6 is 11.8 Å². The Kier molecular flexibility index (Phi) is 5.98. The third-order valence-corrected chi connectivity index (χ3v) is 7.66. The van der Waals surface area contributed by atoms with Crippen LogP contribution in [0.1, 0.15) is 16.7 Å². The summed E-state index contributed by atoms with van der Waals surface area (Å²) in [7, 11) is 0. The topological polar surface area (TPSA) is 83.1 Å². The smallest absolute Gasteiger partial charge is 0.250 e. The number of nitrogens with zero attached hydrogens (tertiary/aromatic N) is 3. The normalized spacial score (nSPS) is 14.8. The van der Waals surface area contributed by atoms with E-state index >= 15 is 0 Å². The van der Waals surface area contributed by atoms with Gasteiger partial charge in [-0.3, -0.25) is 4.79 Å².